The van der Waals surface area contributed by atoms with Gasteiger partial charge in [-0.05, 0) is 72.5 Å². The van der Waals surface area contributed by atoms with Crippen molar-refractivity contribution in [3.8, 4) is 22.8 Å². The summed E-state index contributed by atoms with van der Waals surface area (Å²) in [5.74, 6) is 0.536. The molecule has 0 bridgehead atoms. The van der Waals surface area contributed by atoms with E-state index < -0.39 is 0 Å². The quantitative estimate of drug-likeness (QED) is 0.530. The van der Waals surface area contributed by atoms with Crippen LogP contribution in [0.2, 0.25) is 0 Å². The second-order valence-corrected chi connectivity index (χ2v) is 6.61. The first-order chi connectivity index (χ1) is 12.6. The molecule has 0 atom stereocenters. The minimum atomic E-state index is 0.260. The summed E-state index contributed by atoms with van der Waals surface area (Å²) in [5.41, 5.74) is 5.72. The highest BCUT2D eigenvalue weighted by Crippen LogP contribution is 2.35. The molecule has 0 radical (unpaired) electrons. The average Bonchev–Trinajstić information content (AvgIpc) is 2.93. The number of aromatic hydroxyl groups is 2. The van der Waals surface area contributed by atoms with Crippen LogP contribution in [0.15, 0.2) is 72.8 Å². The minimum absolute atomic E-state index is 0.260. The van der Waals surface area contributed by atoms with Gasteiger partial charge in [-0.15, -0.1) is 0 Å². The smallest absolute Gasteiger partial charge is 0.116 e. The van der Waals surface area contributed by atoms with Crippen molar-refractivity contribution in [1.82, 2.24) is 4.57 Å². The van der Waals surface area contributed by atoms with Gasteiger partial charge in [-0.3, -0.25) is 0 Å². The Kier molecular flexibility index (Phi) is 4.13. The first-order valence-electron chi connectivity index (χ1n) is 8.78. The molecular weight excluding hydrogens is 322 g/mol. The first-order valence-corrected chi connectivity index (χ1v) is 8.78. The van der Waals surface area contributed by atoms with E-state index in [0.717, 1.165) is 40.7 Å². The van der Waals surface area contributed by atoms with Crippen molar-refractivity contribution in [2.24, 2.45) is 0 Å². The minimum Gasteiger partial charge on any atom is -0.508 e. The molecule has 0 aliphatic carbocycles. The highest BCUT2D eigenvalue weighted by molar-refractivity contribution is 5.92. The maximum atomic E-state index is 9.93. The number of hydrogen-bond donors (Lipinski definition) is 2. The summed E-state index contributed by atoms with van der Waals surface area (Å²) in [6.07, 6.45) is 0.927. The number of aromatic nitrogens is 1. The van der Waals surface area contributed by atoms with Gasteiger partial charge in [-0.1, -0.05) is 30.3 Å². The van der Waals surface area contributed by atoms with Gasteiger partial charge in [0.15, 0.2) is 0 Å². The summed E-state index contributed by atoms with van der Waals surface area (Å²) in [6.45, 7) is 2.93. The molecule has 3 heteroatoms. The Balaban J connectivity index is 1.85. The van der Waals surface area contributed by atoms with E-state index in [1.807, 2.05) is 30.3 Å². The third kappa shape index (κ3) is 2.92. The molecule has 1 aromatic heterocycles. The molecule has 0 saturated carbocycles. The first kappa shape index (κ1) is 16.3. The van der Waals surface area contributed by atoms with E-state index in [4.69, 9.17) is 0 Å². The van der Waals surface area contributed by atoms with Crippen LogP contribution in [-0.4, -0.2) is 14.8 Å². The molecule has 2 N–H and O–H groups in total. The van der Waals surface area contributed by atoms with E-state index in [-0.39, 0.29) is 11.5 Å². The van der Waals surface area contributed by atoms with E-state index in [9.17, 15) is 10.2 Å². The molecule has 4 rings (SSSR count). The maximum absolute atomic E-state index is 9.93. The standard InChI is InChI=1S/C23H21NO2/c1-16-21-15-20(26)11-12-22(21)24(14-13-17-5-3-2-4-6-17)23(16)18-7-9-19(25)10-8-18/h2-12,15,25-26H,13-14H2,1H3. The molecule has 0 amide bonds. The molecule has 0 spiro atoms. The Morgan fingerprint density at radius 3 is 2.23 bits per heavy atom. The fourth-order valence-corrected chi connectivity index (χ4v) is 3.62. The fraction of sp³-hybridized carbons (Fsp3) is 0.130. The van der Waals surface area contributed by atoms with Crippen LogP contribution in [0.1, 0.15) is 11.1 Å². The molecule has 0 fully saturated rings. The van der Waals surface area contributed by atoms with Gasteiger partial charge >= 0.3 is 0 Å². The van der Waals surface area contributed by atoms with Crippen molar-refractivity contribution in [3.63, 3.8) is 0 Å². The van der Waals surface area contributed by atoms with Gasteiger partial charge in [0, 0.05) is 17.4 Å². The van der Waals surface area contributed by atoms with Crippen LogP contribution < -0.4 is 0 Å². The Hall–Kier alpha value is -3.20. The highest BCUT2D eigenvalue weighted by atomic mass is 16.3. The molecule has 130 valence electrons. The van der Waals surface area contributed by atoms with Crippen LogP contribution in [0.3, 0.4) is 0 Å². The van der Waals surface area contributed by atoms with Crippen LogP contribution in [0.25, 0.3) is 22.2 Å². The van der Waals surface area contributed by atoms with Gasteiger partial charge in [-0.2, -0.15) is 0 Å². The summed E-state index contributed by atoms with van der Waals surface area (Å²) >= 11 is 0. The molecule has 0 aliphatic rings. The summed E-state index contributed by atoms with van der Waals surface area (Å²) in [5, 5.41) is 20.6. The summed E-state index contributed by atoms with van der Waals surface area (Å²) in [6, 6.07) is 23.3. The summed E-state index contributed by atoms with van der Waals surface area (Å²) in [4.78, 5) is 0. The van der Waals surface area contributed by atoms with Crippen molar-refractivity contribution in [3.05, 3.63) is 83.9 Å². The lowest BCUT2D eigenvalue weighted by Crippen LogP contribution is -2.03. The molecular formula is C23H21NO2. The van der Waals surface area contributed by atoms with E-state index in [2.05, 4.69) is 35.8 Å². The number of aryl methyl sites for hydroxylation is 3. The number of fused-ring (bicyclic) bond motifs is 1. The second-order valence-electron chi connectivity index (χ2n) is 6.61. The normalized spacial score (nSPS) is 11.1. The molecule has 3 aromatic carbocycles. The van der Waals surface area contributed by atoms with E-state index in [1.165, 1.54) is 5.56 Å². The Morgan fingerprint density at radius 2 is 1.50 bits per heavy atom. The lowest BCUT2D eigenvalue weighted by molar-refractivity contribution is 0.475. The van der Waals surface area contributed by atoms with Crippen molar-refractivity contribution in [2.45, 2.75) is 19.9 Å². The molecule has 26 heavy (non-hydrogen) atoms. The number of nitrogens with zero attached hydrogens (tertiary/aromatic N) is 1. The number of hydrogen-bond acceptors (Lipinski definition) is 2. The van der Waals surface area contributed by atoms with Gasteiger partial charge < -0.3 is 14.8 Å². The highest BCUT2D eigenvalue weighted by Gasteiger charge is 2.16. The fourth-order valence-electron chi connectivity index (χ4n) is 3.62. The van der Waals surface area contributed by atoms with Crippen molar-refractivity contribution < 1.29 is 10.2 Å². The number of phenolic OH excluding ortho intramolecular Hbond substituents is 2. The summed E-state index contributed by atoms with van der Waals surface area (Å²) in [7, 11) is 0. The molecule has 0 unspecified atom stereocenters. The van der Waals surface area contributed by atoms with Gasteiger partial charge in [0.2, 0.25) is 0 Å². The number of phenols is 2. The van der Waals surface area contributed by atoms with Crippen molar-refractivity contribution in [1.29, 1.82) is 0 Å². The number of benzene rings is 3. The predicted octanol–water partition coefficient (Wildman–Crippen LogP) is 5.27. The van der Waals surface area contributed by atoms with Crippen LogP contribution in [-0.2, 0) is 13.0 Å². The SMILES string of the molecule is Cc1c(-c2ccc(O)cc2)n(CCc2ccccc2)c2ccc(O)cc12. The lowest BCUT2D eigenvalue weighted by atomic mass is 10.1. The van der Waals surface area contributed by atoms with Crippen LogP contribution >= 0.6 is 0 Å². The predicted molar refractivity (Wildman–Crippen MR) is 106 cm³/mol. The Bertz CT molecular complexity index is 1050. The van der Waals surface area contributed by atoms with Crippen molar-refractivity contribution in [2.75, 3.05) is 0 Å². The van der Waals surface area contributed by atoms with Crippen molar-refractivity contribution >= 4 is 10.9 Å². The van der Waals surface area contributed by atoms with Gasteiger partial charge in [-0.25, -0.2) is 0 Å². The lowest BCUT2D eigenvalue weighted by Gasteiger charge is -2.12. The zero-order valence-corrected chi connectivity index (χ0v) is 14.7. The zero-order chi connectivity index (χ0) is 18.1. The monoisotopic (exact) mass is 343 g/mol. The molecule has 0 aliphatic heterocycles. The zero-order valence-electron chi connectivity index (χ0n) is 14.7. The average molecular weight is 343 g/mol. The third-order valence-electron chi connectivity index (χ3n) is 4.91. The van der Waals surface area contributed by atoms with Gasteiger partial charge in [0.1, 0.15) is 11.5 Å². The van der Waals surface area contributed by atoms with E-state index >= 15 is 0 Å². The third-order valence-corrected chi connectivity index (χ3v) is 4.91. The topological polar surface area (TPSA) is 45.4 Å². The second kappa shape index (κ2) is 6.60. The molecule has 3 nitrogen and oxygen atoms in total. The molecule has 0 saturated heterocycles. The number of rotatable bonds is 4. The van der Waals surface area contributed by atoms with E-state index in [0.29, 0.717) is 0 Å². The van der Waals surface area contributed by atoms with Gasteiger partial charge in [0.25, 0.3) is 0 Å². The van der Waals surface area contributed by atoms with E-state index in [1.54, 1.807) is 18.2 Å². The molecule has 4 aromatic rings. The van der Waals surface area contributed by atoms with Gasteiger partial charge in [0.05, 0.1) is 5.69 Å². The maximum Gasteiger partial charge on any atom is 0.116 e. The van der Waals surface area contributed by atoms with Crippen LogP contribution in [0, 0.1) is 6.92 Å². The Morgan fingerprint density at radius 1 is 0.808 bits per heavy atom. The Labute approximate surface area is 152 Å². The largest absolute Gasteiger partial charge is 0.508 e. The summed E-state index contributed by atoms with van der Waals surface area (Å²) < 4.78 is 2.31. The van der Waals surface area contributed by atoms with Crippen LogP contribution in [0.4, 0.5) is 0 Å². The van der Waals surface area contributed by atoms with Crippen LogP contribution in [0.5, 0.6) is 11.5 Å². The molecule has 1 heterocycles.